The van der Waals surface area contributed by atoms with E-state index in [1.807, 2.05) is 0 Å². The summed E-state index contributed by atoms with van der Waals surface area (Å²) in [6.45, 7) is -0.401. The van der Waals surface area contributed by atoms with Gasteiger partial charge in [0.1, 0.15) is 23.7 Å². The highest BCUT2D eigenvalue weighted by molar-refractivity contribution is 6.01. The van der Waals surface area contributed by atoms with E-state index in [2.05, 4.69) is 5.32 Å². The first-order chi connectivity index (χ1) is 9.84. The Balaban J connectivity index is 2.72. The molecule has 1 rings (SSSR count). The molecular weight excluding hydrogens is 287 g/mol. The summed E-state index contributed by atoms with van der Waals surface area (Å²) >= 11 is 0. The number of hydrogen-bond donors (Lipinski definition) is 3. The lowest BCUT2D eigenvalue weighted by Gasteiger charge is -2.08. The van der Waals surface area contributed by atoms with E-state index in [1.54, 1.807) is 0 Å². The Bertz CT molecular complexity index is 578. The van der Waals surface area contributed by atoms with E-state index in [0.717, 1.165) is 12.1 Å². The van der Waals surface area contributed by atoms with E-state index >= 15 is 0 Å². The van der Waals surface area contributed by atoms with Gasteiger partial charge in [-0.05, 0) is 6.07 Å². The molecule has 1 aromatic carbocycles. The van der Waals surface area contributed by atoms with Crippen LogP contribution in [0.1, 0.15) is 10.4 Å². The minimum atomic E-state index is -0.978. The second-order valence-electron chi connectivity index (χ2n) is 3.89. The zero-order valence-corrected chi connectivity index (χ0v) is 10.8. The fourth-order valence-electron chi connectivity index (χ4n) is 1.47. The molecule has 0 unspecified atom stereocenters. The highest BCUT2D eigenvalue weighted by atomic mass is 19.1. The maximum absolute atomic E-state index is 13.6. The predicted molar refractivity (Wildman–Crippen MR) is 69.8 cm³/mol. The van der Waals surface area contributed by atoms with Crippen LogP contribution in [-0.2, 0) is 9.53 Å². The van der Waals surface area contributed by atoms with Gasteiger partial charge >= 0.3 is 0 Å². The number of primary amides is 1. The molecule has 0 aliphatic carbocycles. The number of benzene rings is 1. The fourth-order valence-corrected chi connectivity index (χ4v) is 1.47. The van der Waals surface area contributed by atoms with Gasteiger partial charge in [-0.2, -0.15) is 0 Å². The number of hydrogen-bond acceptors (Lipinski definition) is 6. The summed E-state index contributed by atoms with van der Waals surface area (Å²) in [6, 6.07) is 1.66. The van der Waals surface area contributed by atoms with Crippen molar-refractivity contribution in [1.82, 2.24) is 5.32 Å². The van der Waals surface area contributed by atoms with Crippen LogP contribution < -0.4 is 16.8 Å². The SMILES string of the molecule is NC(=O)COCCNC(=O)c1c(F)ccc([N+](=O)[O-])c1N. The van der Waals surface area contributed by atoms with Crippen molar-refractivity contribution in [3.8, 4) is 0 Å². The number of carbonyl (C=O) groups is 2. The number of nitrogens with two attached hydrogens (primary N) is 2. The van der Waals surface area contributed by atoms with Crippen LogP contribution in [0, 0.1) is 15.9 Å². The normalized spacial score (nSPS) is 10.1. The number of nitrogens with one attached hydrogen (secondary N) is 1. The first-order valence-electron chi connectivity index (χ1n) is 5.71. The van der Waals surface area contributed by atoms with Gasteiger partial charge in [-0.3, -0.25) is 19.7 Å². The lowest BCUT2D eigenvalue weighted by molar-refractivity contribution is -0.384. The van der Waals surface area contributed by atoms with E-state index in [9.17, 15) is 24.1 Å². The topological polar surface area (TPSA) is 151 Å². The van der Waals surface area contributed by atoms with Crippen molar-refractivity contribution in [2.75, 3.05) is 25.5 Å². The van der Waals surface area contributed by atoms with Gasteiger partial charge in [0.2, 0.25) is 5.91 Å². The van der Waals surface area contributed by atoms with E-state index in [0.29, 0.717) is 0 Å². The standard InChI is InChI=1S/C11H13FN4O5/c12-6-1-2-7(16(19)20)10(14)9(6)11(18)15-3-4-21-5-8(13)17/h1-2H,3-5,14H2,(H2,13,17)(H,15,18). The van der Waals surface area contributed by atoms with E-state index in [4.69, 9.17) is 16.2 Å². The number of anilines is 1. The second kappa shape index (κ2) is 7.14. The Morgan fingerprint density at radius 1 is 1.43 bits per heavy atom. The van der Waals surface area contributed by atoms with Crippen LogP contribution in [0.25, 0.3) is 0 Å². The number of amides is 2. The van der Waals surface area contributed by atoms with Crippen LogP contribution in [0.4, 0.5) is 15.8 Å². The van der Waals surface area contributed by atoms with Gasteiger partial charge in [0.15, 0.2) is 0 Å². The number of nitrogens with zero attached hydrogens (tertiary/aromatic N) is 1. The van der Waals surface area contributed by atoms with E-state index in [1.165, 1.54) is 0 Å². The predicted octanol–water partition coefficient (Wildman–Crippen LogP) is -0.452. The minimum absolute atomic E-state index is 0.0366. The summed E-state index contributed by atoms with van der Waals surface area (Å²) in [4.78, 5) is 32.0. The van der Waals surface area contributed by atoms with Crippen LogP contribution >= 0.6 is 0 Å². The second-order valence-corrected chi connectivity index (χ2v) is 3.89. The van der Waals surface area contributed by atoms with Crippen molar-refractivity contribution in [2.24, 2.45) is 5.73 Å². The van der Waals surface area contributed by atoms with Crippen molar-refractivity contribution >= 4 is 23.2 Å². The average molecular weight is 300 g/mol. The number of rotatable bonds is 7. The van der Waals surface area contributed by atoms with Gasteiger partial charge in [0.05, 0.1) is 11.5 Å². The van der Waals surface area contributed by atoms with Crippen molar-refractivity contribution in [2.45, 2.75) is 0 Å². The summed E-state index contributed by atoms with van der Waals surface area (Å²) in [7, 11) is 0. The van der Waals surface area contributed by atoms with Crippen LogP contribution in [0.3, 0.4) is 0 Å². The zero-order chi connectivity index (χ0) is 16.0. The summed E-state index contributed by atoms with van der Waals surface area (Å²) in [5.74, 6) is -2.57. The van der Waals surface area contributed by atoms with Gasteiger partial charge < -0.3 is 21.5 Å². The van der Waals surface area contributed by atoms with E-state index in [-0.39, 0.29) is 19.8 Å². The molecule has 114 valence electrons. The van der Waals surface area contributed by atoms with Crippen LogP contribution in [0.5, 0.6) is 0 Å². The Morgan fingerprint density at radius 2 is 2.10 bits per heavy atom. The minimum Gasteiger partial charge on any atom is -0.392 e. The maximum Gasteiger partial charge on any atom is 0.293 e. The lowest BCUT2D eigenvalue weighted by Crippen LogP contribution is -2.30. The molecule has 10 heteroatoms. The molecule has 0 radical (unpaired) electrons. The lowest BCUT2D eigenvalue weighted by atomic mass is 10.1. The van der Waals surface area contributed by atoms with Crippen molar-refractivity contribution in [3.63, 3.8) is 0 Å². The molecule has 0 spiro atoms. The number of ether oxygens (including phenoxy) is 1. The molecule has 0 saturated carbocycles. The smallest absolute Gasteiger partial charge is 0.293 e. The van der Waals surface area contributed by atoms with Crippen LogP contribution in [-0.4, -0.2) is 36.5 Å². The first kappa shape index (κ1) is 16.3. The number of nitro benzene ring substituents is 1. The molecule has 0 aliphatic rings. The van der Waals surface area contributed by atoms with Gasteiger partial charge in [-0.15, -0.1) is 0 Å². The summed E-state index contributed by atoms with van der Waals surface area (Å²) in [5, 5.41) is 12.9. The van der Waals surface area contributed by atoms with Gasteiger partial charge in [0, 0.05) is 12.6 Å². The number of carbonyl (C=O) groups excluding carboxylic acids is 2. The molecule has 0 atom stereocenters. The Kier molecular flexibility index (Phi) is 5.55. The third kappa shape index (κ3) is 4.38. The molecule has 0 heterocycles. The molecule has 0 saturated heterocycles. The molecule has 1 aromatic rings. The van der Waals surface area contributed by atoms with Crippen LogP contribution in [0.2, 0.25) is 0 Å². The number of nitro groups is 1. The quantitative estimate of drug-likeness (QED) is 0.268. The molecule has 0 bridgehead atoms. The largest absolute Gasteiger partial charge is 0.392 e. The zero-order valence-electron chi connectivity index (χ0n) is 10.8. The maximum atomic E-state index is 13.6. The molecular formula is C11H13FN4O5. The van der Waals surface area contributed by atoms with Gasteiger partial charge in [-0.1, -0.05) is 0 Å². The third-order valence-electron chi connectivity index (χ3n) is 2.37. The Morgan fingerprint density at radius 3 is 2.67 bits per heavy atom. The van der Waals surface area contributed by atoms with Gasteiger partial charge in [-0.25, -0.2) is 4.39 Å². The molecule has 0 aliphatic heterocycles. The average Bonchev–Trinajstić information content (AvgIpc) is 2.37. The van der Waals surface area contributed by atoms with Crippen molar-refractivity contribution < 1.29 is 23.6 Å². The monoisotopic (exact) mass is 300 g/mol. The number of halogens is 1. The third-order valence-corrected chi connectivity index (χ3v) is 2.37. The molecule has 9 nitrogen and oxygen atoms in total. The highest BCUT2D eigenvalue weighted by Crippen LogP contribution is 2.27. The molecule has 5 N–H and O–H groups in total. The fraction of sp³-hybridized carbons (Fsp3) is 0.273. The Hall–Kier alpha value is -2.75. The molecule has 0 aromatic heterocycles. The highest BCUT2D eigenvalue weighted by Gasteiger charge is 2.23. The Labute approximate surface area is 118 Å². The number of nitrogen functional groups attached to an aromatic ring is 1. The first-order valence-corrected chi connectivity index (χ1v) is 5.71. The van der Waals surface area contributed by atoms with Crippen molar-refractivity contribution in [1.29, 1.82) is 0 Å². The summed E-state index contributed by atoms with van der Waals surface area (Å²) < 4.78 is 18.4. The van der Waals surface area contributed by atoms with Gasteiger partial charge in [0.25, 0.3) is 11.6 Å². The van der Waals surface area contributed by atoms with Crippen LogP contribution in [0.15, 0.2) is 12.1 Å². The van der Waals surface area contributed by atoms with Crippen molar-refractivity contribution in [3.05, 3.63) is 33.6 Å². The molecule has 0 fully saturated rings. The summed E-state index contributed by atoms with van der Waals surface area (Å²) in [6.07, 6.45) is 0. The molecule has 21 heavy (non-hydrogen) atoms. The summed E-state index contributed by atoms with van der Waals surface area (Å²) in [5.41, 5.74) is 8.52. The molecule has 2 amide bonds. The van der Waals surface area contributed by atoms with E-state index < -0.39 is 39.5 Å².